The summed E-state index contributed by atoms with van der Waals surface area (Å²) < 4.78 is 32.5. The summed E-state index contributed by atoms with van der Waals surface area (Å²) in [6, 6.07) is 8.88. The molecule has 1 aliphatic rings. The smallest absolute Gasteiger partial charge is 0.271 e. The van der Waals surface area contributed by atoms with Crippen molar-refractivity contribution in [3.63, 3.8) is 0 Å². The van der Waals surface area contributed by atoms with Crippen molar-refractivity contribution in [1.29, 1.82) is 0 Å². The maximum Gasteiger partial charge on any atom is 0.271 e. The molecule has 2 heterocycles. The number of carbonyl (C=O) groups is 1. The zero-order valence-corrected chi connectivity index (χ0v) is 16.3. The van der Waals surface area contributed by atoms with Gasteiger partial charge in [-0.3, -0.25) is 9.52 Å². The highest BCUT2D eigenvalue weighted by Crippen LogP contribution is 2.31. The Balaban J connectivity index is 1.50. The van der Waals surface area contributed by atoms with Crippen molar-refractivity contribution >= 4 is 33.0 Å². The van der Waals surface area contributed by atoms with Crippen LogP contribution < -0.4 is 10.0 Å². The quantitative estimate of drug-likeness (QED) is 0.586. The molecule has 0 radical (unpaired) electrons. The van der Waals surface area contributed by atoms with E-state index in [9.17, 15) is 18.3 Å². The highest BCUT2D eigenvalue weighted by Gasteiger charge is 2.25. The average molecular weight is 418 g/mol. The van der Waals surface area contributed by atoms with E-state index in [1.165, 1.54) is 24.3 Å². The van der Waals surface area contributed by atoms with E-state index in [2.05, 4.69) is 10.0 Å². The van der Waals surface area contributed by atoms with Crippen LogP contribution in [0.2, 0.25) is 0 Å². The lowest BCUT2D eigenvalue weighted by Crippen LogP contribution is -2.30. The number of carbonyl (C=O) groups excluding carboxylic acids is 1. The largest absolute Gasteiger partial charge is 0.507 e. The molecule has 7 nitrogen and oxygen atoms in total. The molecule has 3 aromatic rings. The molecule has 1 aromatic carbocycles. The van der Waals surface area contributed by atoms with E-state index in [1.54, 1.807) is 17.7 Å². The van der Waals surface area contributed by atoms with Crippen molar-refractivity contribution in [2.45, 2.75) is 29.5 Å². The fourth-order valence-corrected chi connectivity index (χ4v) is 5.32. The number of phenols is 1. The number of aromatic hydroxyl groups is 1. The van der Waals surface area contributed by atoms with Gasteiger partial charge in [0.05, 0.1) is 23.6 Å². The number of phenolic OH excluding ortho intramolecular Hbond substituents is 1. The Bertz CT molecular complexity index is 1100. The van der Waals surface area contributed by atoms with E-state index in [0.29, 0.717) is 0 Å². The van der Waals surface area contributed by atoms with Crippen molar-refractivity contribution in [2.75, 3.05) is 4.72 Å². The molecule has 2 aromatic heterocycles. The number of hydrogen-bond acceptors (Lipinski definition) is 6. The fourth-order valence-electron chi connectivity index (χ4n) is 3.28. The summed E-state index contributed by atoms with van der Waals surface area (Å²) in [4.78, 5) is 12.6. The molecule has 0 bridgehead atoms. The van der Waals surface area contributed by atoms with Crippen LogP contribution in [-0.4, -0.2) is 19.4 Å². The number of sulfonamides is 1. The maximum atomic E-state index is 12.6. The van der Waals surface area contributed by atoms with Crippen molar-refractivity contribution < 1.29 is 22.7 Å². The Morgan fingerprint density at radius 2 is 2.11 bits per heavy atom. The van der Waals surface area contributed by atoms with Crippen LogP contribution in [0.1, 0.15) is 40.6 Å². The normalized spacial score (nSPS) is 16.4. The maximum absolute atomic E-state index is 12.6. The van der Waals surface area contributed by atoms with E-state index >= 15 is 0 Å². The zero-order valence-electron chi connectivity index (χ0n) is 14.7. The number of amides is 1. The van der Waals surface area contributed by atoms with Crippen LogP contribution in [0.25, 0.3) is 0 Å². The molecule has 28 heavy (non-hydrogen) atoms. The van der Waals surface area contributed by atoms with E-state index in [1.807, 2.05) is 6.07 Å². The van der Waals surface area contributed by atoms with Gasteiger partial charge in [0.1, 0.15) is 15.7 Å². The minimum atomic E-state index is -3.72. The Labute approximate surface area is 166 Å². The van der Waals surface area contributed by atoms with Crippen molar-refractivity contribution in [3.05, 3.63) is 64.9 Å². The lowest BCUT2D eigenvalue weighted by molar-refractivity contribution is 0.0929. The molecule has 4 rings (SSSR count). The van der Waals surface area contributed by atoms with Gasteiger partial charge in [-0.2, -0.15) is 0 Å². The number of aryl methyl sites for hydroxylation is 1. The van der Waals surface area contributed by atoms with Crippen LogP contribution in [0.3, 0.4) is 0 Å². The van der Waals surface area contributed by atoms with Gasteiger partial charge in [0, 0.05) is 18.1 Å². The van der Waals surface area contributed by atoms with E-state index in [0.717, 1.165) is 41.9 Å². The highest BCUT2D eigenvalue weighted by atomic mass is 32.2. The monoisotopic (exact) mass is 418 g/mol. The molecule has 0 fully saturated rings. The lowest BCUT2D eigenvalue weighted by atomic mass is 9.93. The molecule has 9 heteroatoms. The predicted molar refractivity (Wildman–Crippen MR) is 105 cm³/mol. The number of hydrogen-bond donors (Lipinski definition) is 3. The van der Waals surface area contributed by atoms with Gasteiger partial charge >= 0.3 is 0 Å². The van der Waals surface area contributed by atoms with Gasteiger partial charge in [0.2, 0.25) is 0 Å². The van der Waals surface area contributed by atoms with Crippen LogP contribution in [0.15, 0.2) is 56.7 Å². The van der Waals surface area contributed by atoms with Crippen LogP contribution in [-0.2, 0) is 16.4 Å². The summed E-state index contributed by atoms with van der Waals surface area (Å²) in [6.45, 7) is 0. The van der Waals surface area contributed by atoms with E-state index in [-0.39, 0.29) is 27.3 Å². The molecule has 0 spiro atoms. The Hall–Kier alpha value is -2.78. The summed E-state index contributed by atoms with van der Waals surface area (Å²) in [5, 5.41) is 14.8. The number of nitrogens with one attached hydrogen (secondary N) is 2. The Morgan fingerprint density at radius 3 is 2.86 bits per heavy atom. The second-order valence-corrected chi connectivity index (χ2v) is 9.34. The third-order valence-corrected chi connectivity index (χ3v) is 7.39. The van der Waals surface area contributed by atoms with Crippen molar-refractivity contribution in [3.8, 4) is 5.75 Å². The van der Waals surface area contributed by atoms with E-state index < -0.39 is 15.9 Å². The minimum absolute atomic E-state index is 0.0784. The van der Waals surface area contributed by atoms with Crippen molar-refractivity contribution in [2.24, 2.45) is 0 Å². The first kappa shape index (κ1) is 18.6. The zero-order chi connectivity index (χ0) is 19.7. The Morgan fingerprint density at radius 1 is 1.25 bits per heavy atom. The summed E-state index contributed by atoms with van der Waals surface area (Å²) in [7, 11) is -3.72. The first-order valence-corrected chi connectivity index (χ1v) is 11.1. The number of furan rings is 1. The molecule has 1 atom stereocenters. The standard InChI is InChI=1S/C19H18N2O5S2/c22-16-11-12(21-28(24,25)18-5-2-10-27-18)6-7-14(16)19(23)20-15-3-1-4-17-13(15)8-9-26-17/h2,5-11,15,21-22H,1,3-4H2,(H,20,23). The van der Waals surface area contributed by atoms with Gasteiger partial charge in [-0.15, -0.1) is 11.3 Å². The molecular weight excluding hydrogens is 400 g/mol. The van der Waals surface area contributed by atoms with Crippen LogP contribution in [0, 0.1) is 0 Å². The SMILES string of the molecule is O=C(NC1CCCc2occc21)c1ccc(NS(=O)(=O)c2cccs2)cc1O. The minimum Gasteiger partial charge on any atom is -0.507 e. The number of thiophene rings is 1. The molecule has 146 valence electrons. The second kappa shape index (κ2) is 7.33. The summed E-state index contributed by atoms with van der Waals surface area (Å²) in [5.74, 6) is 0.149. The van der Waals surface area contributed by atoms with Crippen LogP contribution in [0.4, 0.5) is 5.69 Å². The fraction of sp³-hybridized carbons (Fsp3) is 0.211. The highest BCUT2D eigenvalue weighted by molar-refractivity contribution is 7.94. The molecule has 1 aliphatic carbocycles. The molecule has 1 unspecified atom stereocenters. The van der Waals surface area contributed by atoms with Crippen LogP contribution in [0.5, 0.6) is 5.75 Å². The van der Waals surface area contributed by atoms with E-state index in [4.69, 9.17) is 4.42 Å². The van der Waals surface area contributed by atoms with Crippen molar-refractivity contribution in [1.82, 2.24) is 5.32 Å². The molecule has 0 saturated carbocycles. The molecule has 3 N–H and O–H groups in total. The van der Waals surface area contributed by atoms with Crippen LogP contribution >= 0.6 is 11.3 Å². The average Bonchev–Trinajstić information content (AvgIpc) is 3.34. The Kier molecular flexibility index (Phi) is 4.86. The third-order valence-electron chi connectivity index (χ3n) is 4.61. The lowest BCUT2D eigenvalue weighted by Gasteiger charge is -2.23. The molecule has 0 aliphatic heterocycles. The van der Waals surface area contributed by atoms with Gasteiger partial charge in [-0.25, -0.2) is 8.42 Å². The second-order valence-electron chi connectivity index (χ2n) is 6.49. The van der Waals surface area contributed by atoms with Gasteiger partial charge in [0.15, 0.2) is 0 Å². The van der Waals surface area contributed by atoms with Gasteiger partial charge in [-0.1, -0.05) is 6.07 Å². The third kappa shape index (κ3) is 3.63. The first-order chi connectivity index (χ1) is 13.4. The summed E-state index contributed by atoms with van der Waals surface area (Å²) >= 11 is 1.09. The summed E-state index contributed by atoms with van der Waals surface area (Å²) in [6.07, 6.45) is 4.15. The van der Waals surface area contributed by atoms with Gasteiger partial charge in [0.25, 0.3) is 15.9 Å². The predicted octanol–water partition coefficient (Wildman–Crippen LogP) is 3.65. The molecule has 0 saturated heterocycles. The number of rotatable bonds is 5. The first-order valence-electron chi connectivity index (χ1n) is 8.70. The number of fused-ring (bicyclic) bond motifs is 1. The number of benzene rings is 1. The topological polar surface area (TPSA) is 109 Å². The van der Waals surface area contributed by atoms with Gasteiger partial charge < -0.3 is 14.8 Å². The van der Waals surface area contributed by atoms with Gasteiger partial charge in [-0.05, 0) is 42.5 Å². The molecular formula is C19H18N2O5S2. The summed E-state index contributed by atoms with van der Waals surface area (Å²) in [5.41, 5.74) is 1.21. The molecule has 1 amide bonds. The number of anilines is 1.